The first-order chi connectivity index (χ1) is 29.7. The number of nitrogens with zero attached hydrogens (tertiary/aromatic N) is 3. The number of amides is 2. The number of carbonyl (C=O) groups is 3. The Morgan fingerprint density at radius 1 is 0.667 bits per heavy atom. The molecule has 336 valence electrons. The Bertz CT molecular complexity index is 2550. The van der Waals surface area contributed by atoms with Gasteiger partial charge in [-0.25, -0.2) is 25.4 Å². The quantitative estimate of drug-likeness (QED) is 0.105. The van der Waals surface area contributed by atoms with Gasteiger partial charge in [-0.15, -0.1) is 0 Å². The summed E-state index contributed by atoms with van der Waals surface area (Å²) in [7, 11) is -7.98. The van der Waals surface area contributed by atoms with E-state index < -0.39 is 54.8 Å². The van der Waals surface area contributed by atoms with E-state index in [1.54, 1.807) is 152 Å². The van der Waals surface area contributed by atoms with E-state index in [1.807, 2.05) is 6.07 Å². The molecule has 0 bridgehead atoms. The fourth-order valence-electron chi connectivity index (χ4n) is 6.86. The zero-order valence-corrected chi connectivity index (χ0v) is 38.1. The highest BCUT2D eigenvalue weighted by Crippen LogP contribution is 2.40. The summed E-state index contributed by atoms with van der Waals surface area (Å²) < 4.78 is 66.3. The number of sulfonamides is 2. The van der Waals surface area contributed by atoms with Crippen LogP contribution in [-0.2, 0) is 34.4 Å². The molecule has 2 amide bonds. The number of carbonyl (C=O) groups excluding carboxylic acids is 2. The predicted octanol–water partition coefficient (Wildman–Crippen LogP) is 6.35. The Morgan fingerprint density at radius 2 is 1.11 bits per heavy atom. The van der Waals surface area contributed by atoms with Crippen molar-refractivity contribution in [3.8, 4) is 11.5 Å². The van der Waals surface area contributed by atoms with Crippen molar-refractivity contribution in [1.29, 1.82) is 0 Å². The molecule has 15 nitrogen and oxygen atoms in total. The number of aliphatic carboxylic acids is 1. The van der Waals surface area contributed by atoms with Crippen molar-refractivity contribution in [2.24, 2.45) is 0 Å². The number of hydrogen-bond acceptors (Lipinski definition) is 12. The third-order valence-corrected chi connectivity index (χ3v) is 14.0. The SMILES string of the molecule is CC(C(=O)O)c1cccc(OCCCNC2=C(c3ccccc3)S(=O)(=O)N(C(C)(C)C)C2=O)c1.CC(C)(C)N1C(=O)C(NCCCOc2cccnc2)=C(c2ccccc2)S1(=O)=O. The van der Waals surface area contributed by atoms with Gasteiger partial charge in [0.2, 0.25) is 0 Å². The fraction of sp³-hybridized carbons (Fsp3) is 0.348. The monoisotopic (exact) mass is 901 g/mol. The topological polar surface area (TPSA) is 202 Å². The van der Waals surface area contributed by atoms with Gasteiger partial charge in [0.05, 0.1) is 36.4 Å². The lowest BCUT2D eigenvalue weighted by atomic mass is 10.0. The average molecular weight is 902 g/mol. The molecule has 0 saturated heterocycles. The van der Waals surface area contributed by atoms with E-state index in [-0.39, 0.29) is 21.2 Å². The van der Waals surface area contributed by atoms with Gasteiger partial charge in [0.15, 0.2) is 0 Å². The number of pyridine rings is 1. The molecule has 4 aromatic rings. The summed E-state index contributed by atoms with van der Waals surface area (Å²) in [5.41, 5.74) is -0.0493. The number of rotatable bonds is 16. The highest BCUT2D eigenvalue weighted by atomic mass is 32.2. The van der Waals surface area contributed by atoms with Gasteiger partial charge in [0, 0.05) is 19.3 Å². The minimum absolute atomic E-state index is 0.0196. The van der Waals surface area contributed by atoms with Crippen LogP contribution in [-0.4, -0.2) is 90.7 Å². The van der Waals surface area contributed by atoms with Crippen LogP contribution >= 0.6 is 0 Å². The lowest BCUT2D eigenvalue weighted by Crippen LogP contribution is -2.46. The van der Waals surface area contributed by atoms with Gasteiger partial charge in [0.1, 0.15) is 32.7 Å². The van der Waals surface area contributed by atoms with E-state index in [2.05, 4.69) is 15.6 Å². The normalized spacial score (nSPS) is 16.4. The van der Waals surface area contributed by atoms with Gasteiger partial charge in [0.25, 0.3) is 31.9 Å². The number of carboxylic acids is 1. The summed E-state index contributed by atoms with van der Waals surface area (Å²) >= 11 is 0. The molecule has 2 aliphatic heterocycles. The molecule has 0 fully saturated rings. The lowest BCUT2D eigenvalue weighted by molar-refractivity contribution is -0.138. The average Bonchev–Trinajstić information content (AvgIpc) is 3.57. The lowest BCUT2D eigenvalue weighted by Gasteiger charge is -2.30. The van der Waals surface area contributed by atoms with Crippen LogP contribution in [0.15, 0.2) is 121 Å². The Morgan fingerprint density at radius 3 is 1.52 bits per heavy atom. The smallest absolute Gasteiger partial charge is 0.310 e. The third kappa shape index (κ3) is 11.3. The number of hydrogen-bond donors (Lipinski definition) is 3. The van der Waals surface area contributed by atoms with Crippen molar-refractivity contribution < 1.29 is 45.8 Å². The van der Waals surface area contributed by atoms with Crippen molar-refractivity contribution in [3.05, 3.63) is 138 Å². The maximum atomic E-state index is 13.3. The number of ether oxygens (including phenoxy) is 2. The maximum Gasteiger partial charge on any atom is 0.310 e. The van der Waals surface area contributed by atoms with E-state index in [0.29, 0.717) is 67.3 Å². The molecule has 6 rings (SSSR count). The maximum absolute atomic E-state index is 13.3. The van der Waals surface area contributed by atoms with Gasteiger partial charge in [-0.3, -0.25) is 19.4 Å². The second-order valence-electron chi connectivity index (χ2n) is 16.7. The standard InChI is InChI=1S/C25H30N2O6S.C21H25N3O4S/c1-17(24(29)30)19-12-8-13-20(16-19)33-15-9-14-26-21-22(18-10-6-5-7-11-18)34(31,32)27(23(21)28)25(2,3)4;1-21(2,3)24-20(25)18(19(29(24,26)27)16-9-5-4-6-10-16)23-13-8-14-28-17-11-7-12-22-15-17/h5-8,10-13,16-17,26H,9,14-15H2,1-4H3,(H,29,30);4-7,9-12,15,23H,8,13-14H2,1-3H3. The molecular weight excluding hydrogens is 847 g/mol. The Labute approximate surface area is 369 Å². The zero-order chi connectivity index (χ0) is 46.2. The molecule has 1 aromatic heterocycles. The Kier molecular flexibility index (Phi) is 15.1. The minimum Gasteiger partial charge on any atom is -0.494 e. The Balaban J connectivity index is 0.000000240. The molecule has 3 N–H and O–H groups in total. The molecule has 63 heavy (non-hydrogen) atoms. The highest BCUT2D eigenvalue weighted by Gasteiger charge is 2.50. The van der Waals surface area contributed by atoms with Crippen molar-refractivity contribution in [2.45, 2.75) is 78.3 Å². The number of carboxylic acid groups (broad SMARTS) is 1. The van der Waals surface area contributed by atoms with Crippen LogP contribution in [0.25, 0.3) is 9.81 Å². The van der Waals surface area contributed by atoms with Crippen LogP contribution in [0.5, 0.6) is 11.5 Å². The molecule has 1 atom stereocenters. The second-order valence-corrected chi connectivity index (χ2v) is 20.2. The molecule has 0 radical (unpaired) electrons. The zero-order valence-electron chi connectivity index (χ0n) is 36.5. The molecule has 3 heterocycles. The van der Waals surface area contributed by atoms with Gasteiger partial charge in [-0.2, -0.15) is 0 Å². The molecular formula is C46H55N5O10S2. The number of aromatic nitrogens is 1. The highest BCUT2D eigenvalue weighted by molar-refractivity contribution is 8.00. The van der Waals surface area contributed by atoms with Crippen LogP contribution in [0.2, 0.25) is 0 Å². The van der Waals surface area contributed by atoms with Crippen LogP contribution in [0.3, 0.4) is 0 Å². The first-order valence-corrected chi connectivity index (χ1v) is 23.3. The van der Waals surface area contributed by atoms with Gasteiger partial charge in [-0.1, -0.05) is 72.8 Å². The summed E-state index contributed by atoms with van der Waals surface area (Å²) in [5, 5.41) is 15.2. The second kappa shape index (κ2) is 19.9. The van der Waals surface area contributed by atoms with E-state index in [9.17, 15) is 36.3 Å². The summed E-state index contributed by atoms with van der Waals surface area (Å²) in [5.74, 6) is -1.46. The molecule has 2 aliphatic rings. The number of benzene rings is 3. The van der Waals surface area contributed by atoms with Crippen LogP contribution < -0.4 is 20.1 Å². The molecule has 0 aliphatic carbocycles. The molecule has 1 unspecified atom stereocenters. The van der Waals surface area contributed by atoms with Crippen molar-refractivity contribution in [3.63, 3.8) is 0 Å². The largest absolute Gasteiger partial charge is 0.494 e. The predicted molar refractivity (Wildman–Crippen MR) is 241 cm³/mol. The van der Waals surface area contributed by atoms with E-state index in [0.717, 1.165) is 8.61 Å². The Hall–Kier alpha value is -6.20. The summed E-state index contributed by atoms with van der Waals surface area (Å²) in [6.45, 7) is 13.2. The van der Waals surface area contributed by atoms with Crippen molar-refractivity contribution >= 4 is 47.6 Å². The molecule has 0 saturated carbocycles. The molecule has 0 spiro atoms. The molecule has 17 heteroatoms. The van der Waals surface area contributed by atoms with Crippen molar-refractivity contribution in [2.75, 3.05) is 26.3 Å². The van der Waals surface area contributed by atoms with Crippen LogP contribution in [0, 0.1) is 0 Å². The minimum atomic E-state index is -4.02. The van der Waals surface area contributed by atoms with Gasteiger partial charge >= 0.3 is 5.97 Å². The first-order valence-electron chi connectivity index (χ1n) is 20.4. The fourth-order valence-corrected chi connectivity index (χ4v) is 11.0. The first kappa shape index (κ1) is 47.8. The molecule has 3 aromatic carbocycles. The van der Waals surface area contributed by atoms with Crippen LogP contribution in [0.4, 0.5) is 0 Å². The van der Waals surface area contributed by atoms with Gasteiger partial charge in [-0.05, 0) is 102 Å². The van der Waals surface area contributed by atoms with E-state index in [1.165, 1.54) is 0 Å². The van der Waals surface area contributed by atoms with E-state index in [4.69, 9.17) is 9.47 Å². The number of nitrogens with one attached hydrogen (secondary N) is 2. The third-order valence-electron chi connectivity index (χ3n) is 9.68. The summed E-state index contributed by atoms with van der Waals surface area (Å²) in [4.78, 5) is 41.3. The van der Waals surface area contributed by atoms with E-state index >= 15 is 0 Å². The van der Waals surface area contributed by atoms with Gasteiger partial charge < -0.3 is 25.2 Å². The summed E-state index contributed by atoms with van der Waals surface area (Å²) in [6.07, 6.45) is 4.37. The van der Waals surface area contributed by atoms with Crippen LogP contribution in [0.1, 0.15) is 83.9 Å². The summed E-state index contributed by atoms with van der Waals surface area (Å²) in [6, 6.07) is 27.8. The van der Waals surface area contributed by atoms with Crippen molar-refractivity contribution in [1.82, 2.24) is 24.2 Å².